The number of nitrogens with two attached hydrogens (primary N) is 2. The highest BCUT2D eigenvalue weighted by Crippen LogP contribution is 2.32. The van der Waals surface area contributed by atoms with E-state index in [0.29, 0.717) is 108 Å². The lowest BCUT2D eigenvalue weighted by atomic mass is 9.84. The van der Waals surface area contributed by atoms with E-state index in [2.05, 4.69) is 4.99 Å². The zero-order chi connectivity index (χ0) is 56.4. The second-order valence-corrected chi connectivity index (χ2v) is 22.2. The Labute approximate surface area is 446 Å². The van der Waals surface area contributed by atoms with Gasteiger partial charge in [-0.2, -0.15) is 0 Å². The van der Waals surface area contributed by atoms with Crippen LogP contribution in [0, 0.1) is 23.7 Å². The summed E-state index contributed by atoms with van der Waals surface area (Å²) >= 11 is 0. The van der Waals surface area contributed by atoms with E-state index < -0.39 is 122 Å². The van der Waals surface area contributed by atoms with Crippen LogP contribution < -0.4 is 11.5 Å². The highest BCUT2D eigenvalue weighted by Gasteiger charge is 2.45. The molecule has 20 heteroatoms. The van der Waals surface area contributed by atoms with Gasteiger partial charge < -0.3 is 92.1 Å². The summed E-state index contributed by atoms with van der Waals surface area (Å²) in [7, 11) is 0. The van der Waals surface area contributed by atoms with Gasteiger partial charge in [0, 0.05) is 24.8 Å². The van der Waals surface area contributed by atoms with Crippen LogP contribution in [0.4, 0.5) is 0 Å². The van der Waals surface area contributed by atoms with Crippen LogP contribution in [-0.2, 0) is 19.0 Å². The smallest absolute Gasteiger partial charge is 0.311 e. The molecule has 0 aromatic rings. The lowest BCUT2D eigenvalue weighted by Gasteiger charge is -2.34. The van der Waals surface area contributed by atoms with Gasteiger partial charge in [0.25, 0.3) is 0 Å². The van der Waals surface area contributed by atoms with E-state index in [-0.39, 0.29) is 49.9 Å². The number of carbonyl (C=O) groups is 1. The van der Waals surface area contributed by atoms with Gasteiger partial charge in [0.2, 0.25) is 0 Å². The summed E-state index contributed by atoms with van der Waals surface area (Å²) in [6.45, 7) is 10.9. The van der Waals surface area contributed by atoms with Crippen molar-refractivity contribution in [2.75, 3.05) is 13.2 Å². The van der Waals surface area contributed by atoms with Crippen molar-refractivity contribution in [3.05, 3.63) is 23.3 Å². The molecule has 0 aromatic heterocycles. The Morgan fingerprint density at radius 3 is 1.92 bits per heavy atom. The predicted octanol–water partition coefficient (Wildman–Crippen LogP) is 2.25. The molecule has 0 saturated carbocycles. The van der Waals surface area contributed by atoms with Crippen molar-refractivity contribution in [3.8, 4) is 0 Å². The molecule has 0 spiro atoms. The fraction of sp³-hybridized carbons (Fsp3) is 0.891. The van der Waals surface area contributed by atoms with Crippen molar-refractivity contribution in [1.29, 1.82) is 0 Å². The predicted molar refractivity (Wildman–Crippen MR) is 284 cm³/mol. The van der Waals surface area contributed by atoms with Gasteiger partial charge in [-0.1, -0.05) is 64.7 Å². The Bertz CT molecular complexity index is 1640. The molecule has 0 amide bonds. The van der Waals surface area contributed by atoms with Crippen molar-refractivity contribution in [2.45, 2.75) is 274 Å². The zero-order valence-corrected chi connectivity index (χ0v) is 46.0. The SMILES string of the molecule is CCCCC1C(=O)OC(C(C)C(O)CCCN=C(N)N)C(C)/C=C(\C)CCCCC(O)CC(O)CC(O)CC(O)CC(O)C(O[C@H]2O[C@H](CO)[C@@H](O)[C@@H]2O)/C=C(\C)C(O)CCCC(O)CCCC(O)CCC(C)C1O. The second-order valence-electron chi connectivity index (χ2n) is 22.2. The van der Waals surface area contributed by atoms with E-state index in [9.17, 15) is 71.2 Å². The standard InChI is InChI=1S/C55H103N3O17/c1-7-8-19-43-49(69)33(3)22-23-38(61)17-11-16-37(60)18-12-20-44(66)34(4)26-47(73-54-51(71)50(70)48(31-59)74-54)46(68)30-42(65)29-41(64)28-40(63)27-39(62)15-10-9-14-32(2)25-35(5)52(75-53(43)72)36(6)45(67)21-13-24-58-55(56)57/h25-26,33,35-52,54,59-71H,7-24,27-31H2,1-6H3,(H4,56,57,58)/b32-25+,34-26+/t33?,35?,36?,37?,38?,39?,40?,41?,42?,43?,44?,45?,46?,47?,48-,49?,50-,51+,52?,54+/m1/s1. The molecule has 440 valence electrons. The first kappa shape index (κ1) is 68.7. The minimum atomic E-state index is -1.59. The highest BCUT2D eigenvalue weighted by molar-refractivity contribution is 5.75. The van der Waals surface area contributed by atoms with Gasteiger partial charge in [0.05, 0.1) is 73.6 Å². The van der Waals surface area contributed by atoms with Crippen molar-refractivity contribution in [2.24, 2.45) is 40.1 Å². The monoisotopic (exact) mass is 1080 g/mol. The fourth-order valence-corrected chi connectivity index (χ4v) is 10.3. The molecular formula is C55H103N3O17. The van der Waals surface area contributed by atoms with Crippen LogP contribution in [0.1, 0.15) is 176 Å². The van der Waals surface area contributed by atoms with E-state index >= 15 is 0 Å². The van der Waals surface area contributed by atoms with E-state index in [0.717, 1.165) is 12.0 Å². The van der Waals surface area contributed by atoms with Gasteiger partial charge in [0.1, 0.15) is 30.5 Å². The molecule has 1 saturated heterocycles. The molecule has 16 unspecified atom stereocenters. The molecule has 0 bridgehead atoms. The van der Waals surface area contributed by atoms with Crippen LogP contribution in [0.25, 0.3) is 0 Å². The number of hydrogen-bond acceptors (Lipinski definition) is 18. The molecule has 17 N–H and O–H groups in total. The molecular weight excluding hydrogens is 975 g/mol. The quantitative estimate of drug-likeness (QED) is 0.0438. The Balaban J connectivity index is 2.34. The number of unbranched alkanes of at least 4 members (excludes halogenated alkanes) is 1. The Kier molecular flexibility index (Phi) is 33.7. The molecule has 0 radical (unpaired) electrons. The third kappa shape index (κ3) is 26.4. The van der Waals surface area contributed by atoms with Crippen LogP contribution in [0.15, 0.2) is 28.3 Å². The number of ether oxygens (including phenoxy) is 3. The lowest BCUT2D eigenvalue weighted by molar-refractivity contribution is -0.202. The summed E-state index contributed by atoms with van der Waals surface area (Å²) in [6, 6.07) is 0. The number of cyclic esters (lactones) is 1. The normalized spacial score (nSPS) is 38.7. The van der Waals surface area contributed by atoms with E-state index in [1.807, 2.05) is 40.7 Å². The summed E-state index contributed by atoms with van der Waals surface area (Å²) in [4.78, 5) is 18.2. The van der Waals surface area contributed by atoms with Crippen molar-refractivity contribution in [1.82, 2.24) is 0 Å². The molecule has 20 atom stereocenters. The maximum atomic E-state index is 14.2. The number of esters is 1. The van der Waals surface area contributed by atoms with Crippen LogP contribution in [0.3, 0.4) is 0 Å². The van der Waals surface area contributed by atoms with Crippen LogP contribution in [0.5, 0.6) is 0 Å². The first-order chi connectivity index (χ1) is 35.4. The number of aliphatic hydroxyl groups is 13. The minimum absolute atomic E-state index is 0.0266. The molecule has 20 nitrogen and oxygen atoms in total. The van der Waals surface area contributed by atoms with Crippen molar-refractivity contribution in [3.63, 3.8) is 0 Å². The molecule has 2 aliphatic rings. The molecule has 2 aliphatic heterocycles. The van der Waals surface area contributed by atoms with Gasteiger partial charge >= 0.3 is 5.97 Å². The van der Waals surface area contributed by atoms with Crippen molar-refractivity contribution < 1.29 is 85.4 Å². The third-order valence-electron chi connectivity index (χ3n) is 15.2. The maximum absolute atomic E-state index is 14.2. The summed E-state index contributed by atoms with van der Waals surface area (Å²) in [6.07, 6.45) is -7.42. The minimum Gasteiger partial charge on any atom is -0.461 e. The number of carbonyl (C=O) groups excluding carboxylic acids is 1. The van der Waals surface area contributed by atoms with Gasteiger partial charge in [0.15, 0.2) is 12.2 Å². The lowest BCUT2D eigenvalue weighted by Crippen LogP contribution is -2.42. The number of nitrogens with zero attached hydrogens (tertiary/aromatic N) is 1. The summed E-state index contributed by atoms with van der Waals surface area (Å²) in [5, 5.41) is 141. The molecule has 2 heterocycles. The van der Waals surface area contributed by atoms with E-state index in [1.165, 1.54) is 6.08 Å². The largest absolute Gasteiger partial charge is 0.461 e. The average molecular weight is 1080 g/mol. The van der Waals surface area contributed by atoms with Gasteiger partial charge in [-0.25, -0.2) is 0 Å². The second kappa shape index (κ2) is 36.7. The number of rotatable bonds is 12. The van der Waals surface area contributed by atoms with Crippen molar-refractivity contribution >= 4 is 11.9 Å². The zero-order valence-electron chi connectivity index (χ0n) is 46.0. The van der Waals surface area contributed by atoms with Gasteiger partial charge in [-0.05, 0) is 134 Å². The molecule has 1 fully saturated rings. The van der Waals surface area contributed by atoms with E-state index in [1.54, 1.807) is 6.92 Å². The maximum Gasteiger partial charge on any atom is 0.311 e. The topological polar surface area (TPSA) is 372 Å². The number of allylic oxidation sites excluding steroid dienone is 1. The molecule has 0 aliphatic carbocycles. The fourth-order valence-electron chi connectivity index (χ4n) is 10.3. The average Bonchev–Trinajstić information content (AvgIpc) is 3.61. The number of aliphatic hydroxyl groups excluding tert-OH is 13. The Morgan fingerprint density at radius 1 is 0.733 bits per heavy atom. The Morgan fingerprint density at radius 2 is 1.32 bits per heavy atom. The summed E-state index contributed by atoms with van der Waals surface area (Å²) in [5.41, 5.74) is 12.4. The first-order valence-electron chi connectivity index (χ1n) is 28.1. The van der Waals surface area contributed by atoms with Crippen LogP contribution >= 0.6 is 0 Å². The summed E-state index contributed by atoms with van der Waals surface area (Å²) in [5.74, 6) is -2.64. The third-order valence-corrected chi connectivity index (χ3v) is 15.2. The number of aliphatic imine (C=N–C) groups is 1. The molecule has 75 heavy (non-hydrogen) atoms. The molecule has 0 aromatic carbocycles. The van der Waals surface area contributed by atoms with Gasteiger partial charge in [-0.15, -0.1) is 0 Å². The van der Waals surface area contributed by atoms with Gasteiger partial charge in [-0.3, -0.25) is 9.79 Å². The van der Waals surface area contributed by atoms with Crippen LogP contribution in [0.2, 0.25) is 0 Å². The summed E-state index contributed by atoms with van der Waals surface area (Å²) < 4.78 is 17.7. The van der Waals surface area contributed by atoms with E-state index in [4.69, 9.17) is 25.7 Å². The Hall–Kier alpha value is -2.38. The first-order valence-corrected chi connectivity index (χ1v) is 28.1. The van der Waals surface area contributed by atoms with Crippen LogP contribution in [-0.4, -0.2) is 189 Å². The molecule has 2 rings (SSSR count). The number of hydrogen-bond donors (Lipinski definition) is 15. The number of guanidine groups is 1. The highest BCUT2D eigenvalue weighted by atomic mass is 16.7.